The molecule has 2 aromatic heterocycles. The summed E-state index contributed by atoms with van der Waals surface area (Å²) in [6, 6.07) is 17.9. The number of carbonyl (C=O) groups is 1. The number of nitrogens with zero attached hydrogens (tertiary/aromatic N) is 2. The minimum atomic E-state index is -0.0945. The molecule has 0 bridgehead atoms. The van der Waals surface area contributed by atoms with Crippen molar-refractivity contribution in [1.29, 1.82) is 5.26 Å². The number of benzene rings is 2. The Morgan fingerprint density at radius 3 is 2.44 bits per heavy atom. The average molecular weight is 559 g/mol. The van der Waals surface area contributed by atoms with Crippen LogP contribution in [0.5, 0.6) is 11.5 Å². The molecule has 4 aromatic rings. The van der Waals surface area contributed by atoms with Crippen molar-refractivity contribution in [3.63, 3.8) is 0 Å². The van der Waals surface area contributed by atoms with Gasteiger partial charge in [-0.05, 0) is 79.3 Å². The van der Waals surface area contributed by atoms with Crippen LogP contribution in [0, 0.1) is 17.2 Å². The summed E-state index contributed by atoms with van der Waals surface area (Å²) in [6.07, 6.45) is 3.28. The number of aromatic nitrogens is 2. The van der Waals surface area contributed by atoms with Gasteiger partial charge in [0, 0.05) is 28.2 Å². The van der Waals surface area contributed by atoms with Gasteiger partial charge in [-0.2, -0.15) is 5.26 Å². The molecule has 1 unspecified atom stereocenters. The highest BCUT2D eigenvalue weighted by Crippen LogP contribution is 2.39. The van der Waals surface area contributed by atoms with Crippen molar-refractivity contribution < 1.29 is 14.3 Å². The van der Waals surface area contributed by atoms with E-state index in [1.807, 2.05) is 48.5 Å². The van der Waals surface area contributed by atoms with E-state index in [-0.39, 0.29) is 5.91 Å². The topological polar surface area (TPSA) is 100 Å². The van der Waals surface area contributed by atoms with Crippen molar-refractivity contribution >= 4 is 34.0 Å². The van der Waals surface area contributed by atoms with Gasteiger partial charge >= 0.3 is 0 Å². The van der Waals surface area contributed by atoms with Crippen molar-refractivity contribution in [2.75, 3.05) is 25.3 Å². The van der Waals surface area contributed by atoms with E-state index in [2.05, 4.69) is 23.3 Å². The fourth-order valence-corrected chi connectivity index (χ4v) is 6.92. The van der Waals surface area contributed by atoms with E-state index in [1.165, 1.54) is 16.6 Å². The monoisotopic (exact) mass is 558 g/mol. The summed E-state index contributed by atoms with van der Waals surface area (Å²) < 4.78 is 10.6. The summed E-state index contributed by atoms with van der Waals surface area (Å²) >= 11 is 3.05. The highest BCUT2D eigenvalue weighted by molar-refractivity contribution is 7.99. The quantitative estimate of drug-likeness (QED) is 0.216. The number of amides is 1. The van der Waals surface area contributed by atoms with Crippen molar-refractivity contribution in [1.82, 2.24) is 9.97 Å². The fraction of sp³-hybridized carbons (Fsp3) is 0.300. The molecule has 2 heterocycles. The Balaban J connectivity index is 1.29. The standard InChI is InChI=1S/C30H30N4O3S2/c1-18-4-13-23-24(17-31)29(39-25(23)16-18)32-26(35)14-15-38-30-33-27(19-5-9-21(36-2)10-6-19)28(34-30)20-7-11-22(37-3)12-8-20/h5-12,18H,4,13-16H2,1-3H3,(H,32,35)(H,33,34). The Bertz CT molecular complexity index is 1440. The predicted molar refractivity (Wildman–Crippen MR) is 157 cm³/mol. The van der Waals surface area contributed by atoms with Crippen LogP contribution in [-0.4, -0.2) is 35.8 Å². The van der Waals surface area contributed by atoms with Gasteiger partial charge in [-0.25, -0.2) is 4.98 Å². The van der Waals surface area contributed by atoms with E-state index < -0.39 is 0 Å². The summed E-state index contributed by atoms with van der Waals surface area (Å²) in [5.74, 6) is 2.63. The predicted octanol–water partition coefficient (Wildman–Crippen LogP) is 6.94. The molecule has 0 aliphatic heterocycles. The molecule has 1 aliphatic rings. The van der Waals surface area contributed by atoms with Gasteiger partial charge in [0.25, 0.3) is 0 Å². The first-order chi connectivity index (χ1) is 19.0. The second-order valence-corrected chi connectivity index (χ2v) is 11.7. The zero-order chi connectivity index (χ0) is 27.4. The van der Waals surface area contributed by atoms with E-state index >= 15 is 0 Å². The molecule has 1 atom stereocenters. The number of hydrogen-bond donors (Lipinski definition) is 2. The number of nitrogens with one attached hydrogen (secondary N) is 2. The number of hydrogen-bond acceptors (Lipinski definition) is 7. The summed E-state index contributed by atoms with van der Waals surface area (Å²) in [4.78, 5) is 22.4. The van der Waals surface area contributed by atoms with Crippen molar-refractivity contribution in [2.24, 2.45) is 5.92 Å². The first-order valence-corrected chi connectivity index (χ1v) is 14.7. The number of ether oxygens (including phenoxy) is 2. The molecule has 1 aliphatic carbocycles. The number of thiophene rings is 1. The van der Waals surface area contributed by atoms with Gasteiger partial charge in [0.05, 0.1) is 31.2 Å². The lowest BCUT2D eigenvalue weighted by Gasteiger charge is -2.17. The second-order valence-electron chi connectivity index (χ2n) is 9.54. The SMILES string of the molecule is COc1ccc(-c2nc(SCCC(=O)Nc3sc4c(c3C#N)CCC(C)C4)[nH]c2-c2ccc(OC)cc2)cc1. The van der Waals surface area contributed by atoms with E-state index in [9.17, 15) is 10.1 Å². The molecule has 39 heavy (non-hydrogen) atoms. The molecular formula is C30H30N4O3S2. The Kier molecular flexibility index (Phi) is 8.24. The summed E-state index contributed by atoms with van der Waals surface area (Å²) in [5.41, 5.74) is 5.43. The largest absolute Gasteiger partial charge is 0.497 e. The van der Waals surface area contributed by atoms with Gasteiger partial charge in [-0.15, -0.1) is 11.3 Å². The zero-order valence-corrected chi connectivity index (χ0v) is 23.8. The van der Waals surface area contributed by atoms with Crippen LogP contribution in [0.25, 0.3) is 22.5 Å². The van der Waals surface area contributed by atoms with Crippen LogP contribution >= 0.6 is 23.1 Å². The first-order valence-electron chi connectivity index (χ1n) is 12.8. The Hall–Kier alpha value is -3.74. The maximum Gasteiger partial charge on any atom is 0.225 e. The van der Waals surface area contributed by atoms with Gasteiger partial charge in [-0.3, -0.25) is 4.79 Å². The molecule has 0 fully saturated rings. The number of nitriles is 1. The van der Waals surface area contributed by atoms with Gasteiger partial charge in [0.2, 0.25) is 5.91 Å². The van der Waals surface area contributed by atoms with Crippen molar-refractivity contribution in [3.05, 3.63) is 64.5 Å². The van der Waals surface area contributed by atoms with Crippen LogP contribution in [0.3, 0.4) is 0 Å². The molecule has 0 spiro atoms. The van der Waals surface area contributed by atoms with Crippen molar-refractivity contribution in [3.8, 4) is 40.1 Å². The third-order valence-corrected chi connectivity index (χ3v) is 8.91. The normalized spacial score (nSPS) is 14.4. The summed E-state index contributed by atoms with van der Waals surface area (Å²) in [5, 5.41) is 14.1. The molecule has 2 aromatic carbocycles. The number of H-pyrrole nitrogens is 1. The van der Waals surface area contributed by atoms with E-state index in [0.717, 1.165) is 64.0 Å². The Morgan fingerprint density at radius 2 is 1.79 bits per heavy atom. The highest BCUT2D eigenvalue weighted by atomic mass is 32.2. The molecule has 0 saturated heterocycles. The number of anilines is 1. The number of imidazole rings is 1. The Labute approximate surface area is 236 Å². The maximum atomic E-state index is 12.8. The summed E-state index contributed by atoms with van der Waals surface area (Å²) in [6.45, 7) is 2.24. The van der Waals surface area contributed by atoms with Crippen molar-refractivity contribution in [2.45, 2.75) is 37.8 Å². The summed E-state index contributed by atoms with van der Waals surface area (Å²) in [7, 11) is 3.29. The minimum absolute atomic E-state index is 0.0945. The van der Waals surface area contributed by atoms with E-state index in [0.29, 0.717) is 28.7 Å². The molecule has 2 N–H and O–H groups in total. The maximum absolute atomic E-state index is 12.8. The minimum Gasteiger partial charge on any atom is -0.497 e. The fourth-order valence-electron chi connectivity index (χ4n) is 4.73. The lowest BCUT2D eigenvalue weighted by Crippen LogP contribution is -2.12. The van der Waals surface area contributed by atoms with Crippen LogP contribution in [0.1, 0.15) is 35.8 Å². The van der Waals surface area contributed by atoms with Gasteiger partial charge < -0.3 is 19.8 Å². The molecule has 1 amide bonds. The van der Waals surface area contributed by atoms with Crippen LogP contribution < -0.4 is 14.8 Å². The lowest BCUT2D eigenvalue weighted by molar-refractivity contribution is -0.115. The Morgan fingerprint density at radius 1 is 1.13 bits per heavy atom. The molecule has 200 valence electrons. The van der Waals surface area contributed by atoms with Crippen LogP contribution in [0.15, 0.2) is 53.7 Å². The number of fused-ring (bicyclic) bond motifs is 1. The molecule has 9 heteroatoms. The number of carbonyl (C=O) groups excluding carboxylic acids is 1. The molecule has 0 radical (unpaired) electrons. The molecule has 5 rings (SSSR count). The van der Waals surface area contributed by atoms with Crippen LogP contribution in [0.2, 0.25) is 0 Å². The van der Waals surface area contributed by atoms with E-state index in [4.69, 9.17) is 14.5 Å². The molecular weight excluding hydrogens is 528 g/mol. The zero-order valence-electron chi connectivity index (χ0n) is 22.2. The third kappa shape index (κ3) is 5.97. The first kappa shape index (κ1) is 26.9. The highest BCUT2D eigenvalue weighted by Gasteiger charge is 2.24. The van der Waals surface area contributed by atoms with Gasteiger partial charge in [0.1, 0.15) is 22.6 Å². The second kappa shape index (κ2) is 12.0. The smallest absolute Gasteiger partial charge is 0.225 e. The van der Waals surface area contributed by atoms with E-state index in [1.54, 1.807) is 25.6 Å². The third-order valence-electron chi connectivity index (χ3n) is 6.87. The lowest BCUT2D eigenvalue weighted by atomic mass is 9.89. The van der Waals surface area contributed by atoms with Crippen LogP contribution in [-0.2, 0) is 17.6 Å². The van der Waals surface area contributed by atoms with Gasteiger partial charge in [0.15, 0.2) is 5.16 Å². The average Bonchev–Trinajstić information content (AvgIpc) is 3.53. The van der Waals surface area contributed by atoms with Crippen LogP contribution in [0.4, 0.5) is 5.00 Å². The number of methoxy groups -OCH3 is 2. The number of rotatable bonds is 9. The van der Waals surface area contributed by atoms with Gasteiger partial charge in [-0.1, -0.05) is 18.7 Å². The number of thioether (sulfide) groups is 1. The molecule has 7 nitrogen and oxygen atoms in total. The molecule has 0 saturated carbocycles. The number of aromatic amines is 1.